The predicted octanol–water partition coefficient (Wildman–Crippen LogP) is 3.94. The van der Waals surface area contributed by atoms with Gasteiger partial charge in [-0.25, -0.2) is 0 Å². The number of nitrogens with zero attached hydrogens (tertiary/aromatic N) is 2. The van der Waals surface area contributed by atoms with E-state index >= 15 is 0 Å². The molecule has 0 aliphatic carbocycles. The van der Waals surface area contributed by atoms with Crippen LogP contribution >= 0.6 is 0 Å². The summed E-state index contributed by atoms with van der Waals surface area (Å²) < 4.78 is 39.8. The first-order valence-corrected chi connectivity index (χ1v) is 7.08. The molecule has 1 aromatic heterocycles. The average molecular weight is 328 g/mol. The quantitative estimate of drug-likeness (QED) is 0.715. The van der Waals surface area contributed by atoms with E-state index in [4.69, 9.17) is 5.26 Å². The van der Waals surface area contributed by atoms with Crippen LogP contribution in [0.15, 0.2) is 59.5 Å². The van der Waals surface area contributed by atoms with E-state index in [9.17, 15) is 18.0 Å². The van der Waals surface area contributed by atoms with Crippen molar-refractivity contribution in [1.82, 2.24) is 4.57 Å². The van der Waals surface area contributed by atoms with Crippen molar-refractivity contribution in [2.75, 3.05) is 0 Å². The van der Waals surface area contributed by atoms with Gasteiger partial charge in [-0.3, -0.25) is 4.79 Å². The van der Waals surface area contributed by atoms with Gasteiger partial charge >= 0.3 is 6.18 Å². The minimum absolute atomic E-state index is 0.0174. The number of pyridine rings is 1. The molecule has 0 spiro atoms. The molecule has 0 aliphatic heterocycles. The molecule has 120 valence electrons. The zero-order valence-electron chi connectivity index (χ0n) is 12.3. The minimum atomic E-state index is -4.50. The maximum Gasteiger partial charge on any atom is 0.416 e. The monoisotopic (exact) mass is 328 g/mol. The topological polar surface area (TPSA) is 45.8 Å². The van der Waals surface area contributed by atoms with Crippen LogP contribution in [0.4, 0.5) is 13.2 Å². The summed E-state index contributed by atoms with van der Waals surface area (Å²) in [5.41, 5.74) is -0.166. The van der Waals surface area contributed by atoms with Crippen LogP contribution in [0.1, 0.15) is 16.7 Å². The molecule has 24 heavy (non-hydrogen) atoms. The van der Waals surface area contributed by atoms with Crippen molar-refractivity contribution < 1.29 is 13.2 Å². The fourth-order valence-corrected chi connectivity index (χ4v) is 2.52. The molecule has 0 unspecified atom stereocenters. The molecule has 3 rings (SSSR count). The van der Waals surface area contributed by atoms with Crippen molar-refractivity contribution in [3.8, 4) is 6.07 Å². The van der Waals surface area contributed by atoms with Crippen molar-refractivity contribution in [3.05, 3.63) is 81.8 Å². The van der Waals surface area contributed by atoms with E-state index in [1.54, 1.807) is 30.3 Å². The summed E-state index contributed by atoms with van der Waals surface area (Å²) in [6.07, 6.45) is -2.96. The number of aromatic nitrogens is 1. The summed E-state index contributed by atoms with van der Waals surface area (Å²) in [5.74, 6) is 0. The molecule has 6 heteroatoms. The lowest BCUT2D eigenvalue weighted by Gasteiger charge is -2.10. The highest BCUT2D eigenvalue weighted by atomic mass is 19.4. The number of benzene rings is 2. The molecular formula is C18H11F3N2O. The molecule has 3 aromatic rings. The Labute approximate surface area is 135 Å². The fraction of sp³-hybridized carbons (Fsp3) is 0.111. The van der Waals surface area contributed by atoms with Gasteiger partial charge < -0.3 is 4.57 Å². The number of nitriles is 1. The summed E-state index contributed by atoms with van der Waals surface area (Å²) in [7, 11) is 0. The third kappa shape index (κ3) is 3.01. The normalized spacial score (nSPS) is 11.4. The van der Waals surface area contributed by atoms with Crippen LogP contribution < -0.4 is 5.56 Å². The van der Waals surface area contributed by atoms with Crippen LogP contribution in [-0.2, 0) is 12.7 Å². The van der Waals surface area contributed by atoms with Crippen molar-refractivity contribution in [1.29, 1.82) is 5.26 Å². The van der Waals surface area contributed by atoms with Crippen molar-refractivity contribution in [2.45, 2.75) is 12.7 Å². The lowest BCUT2D eigenvalue weighted by Crippen LogP contribution is -2.20. The van der Waals surface area contributed by atoms with E-state index < -0.39 is 17.3 Å². The fourth-order valence-electron chi connectivity index (χ4n) is 2.52. The van der Waals surface area contributed by atoms with Crippen LogP contribution in [0.5, 0.6) is 0 Å². The van der Waals surface area contributed by atoms with Crippen molar-refractivity contribution >= 4 is 10.8 Å². The van der Waals surface area contributed by atoms with Gasteiger partial charge in [0.2, 0.25) is 0 Å². The van der Waals surface area contributed by atoms with E-state index in [1.165, 1.54) is 16.8 Å². The molecule has 0 saturated heterocycles. The lowest BCUT2D eigenvalue weighted by atomic mass is 10.1. The number of fused-ring (bicyclic) bond motifs is 1. The second-order valence-electron chi connectivity index (χ2n) is 5.36. The van der Waals surface area contributed by atoms with Gasteiger partial charge in [0, 0.05) is 11.6 Å². The first kappa shape index (κ1) is 15.8. The zero-order chi connectivity index (χ0) is 17.3. The second kappa shape index (κ2) is 5.85. The maximum atomic E-state index is 12.8. The zero-order valence-corrected chi connectivity index (χ0v) is 12.3. The Bertz CT molecular complexity index is 1010. The summed E-state index contributed by atoms with van der Waals surface area (Å²) in [5, 5.41) is 9.38. The van der Waals surface area contributed by atoms with Crippen LogP contribution in [0.25, 0.3) is 10.8 Å². The van der Waals surface area contributed by atoms with Crippen LogP contribution in [0.3, 0.4) is 0 Å². The lowest BCUT2D eigenvalue weighted by molar-refractivity contribution is -0.137. The van der Waals surface area contributed by atoms with Gasteiger partial charge in [-0.2, -0.15) is 18.4 Å². The van der Waals surface area contributed by atoms with Gasteiger partial charge in [-0.15, -0.1) is 0 Å². The molecule has 0 aliphatic rings. The summed E-state index contributed by atoms with van der Waals surface area (Å²) in [6.45, 7) is 0.181. The number of hydrogen-bond donors (Lipinski definition) is 0. The van der Waals surface area contributed by atoms with Gasteiger partial charge in [0.25, 0.3) is 5.56 Å². The summed E-state index contributed by atoms with van der Waals surface area (Å²) >= 11 is 0. The predicted molar refractivity (Wildman–Crippen MR) is 83.5 cm³/mol. The molecular weight excluding hydrogens is 317 g/mol. The molecule has 0 bridgehead atoms. The highest BCUT2D eigenvalue weighted by Gasteiger charge is 2.30. The molecule has 0 saturated carbocycles. The van der Waals surface area contributed by atoms with Gasteiger partial charge in [-0.05, 0) is 41.3 Å². The Hall–Kier alpha value is -3.07. The Morgan fingerprint density at radius 3 is 2.58 bits per heavy atom. The number of alkyl halides is 3. The molecule has 3 nitrogen and oxygen atoms in total. The minimum Gasteiger partial charge on any atom is -0.311 e. The third-order valence-electron chi connectivity index (χ3n) is 3.71. The van der Waals surface area contributed by atoms with E-state index in [2.05, 4.69) is 0 Å². The second-order valence-corrected chi connectivity index (χ2v) is 5.36. The Morgan fingerprint density at radius 1 is 1.08 bits per heavy atom. The van der Waals surface area contributed by atoms with Crippen LogP contribution in [0.2, 0.25) is 0 Å². The smallest absolute Gasteiger partial charge is 0.311 e. The molecule has 1 heterocycles. The van der Waals surface area contributed by atoms with E-state index in [0.717, 1.165) is 17.7 Å². The van der Waals surface area contributed by atoms with E-state index in [-0.39, 0.29) is 11.9 Å². The van der Waals surface area contributed by atoms with Gasteiger partial charge in [0.15, 0.2) is 0 Å². The molecule has 0 N–H and O–H groups in total. The maximum absolute atomic E-state index is 12.8. The van der Waals surface area contributed by atoms with E-state index in [1.807, 2.05) is 6.07 Å². The highest BCUT2D eigenvalue weighted by Crippen LogP contribution is 2.30. The molecule has 0 atom stereocenters. The van der Waals surface area contributed by atoms with Crippen molar-refractivity contribution in [2.24, 2.45) is 0 Å². The highest BCUT2D eigenvalue weighted by molar-refractivity contribution is 5.82. The van der Waals surface area contributed by atoms with E-state index in [0.29, 0.717) is 10.9 Å². The number of hydrogen-bond acceptors (Lipinski definition) is 2. The van der Waals surface area contributed by atoms with Crippen LogP contribution in [-0.4, -0.2) is 4.57 Å². The molecule has 0 fully saturated rings. The Morgan fingerprint density at radius 2 is 1.88 bits per heavy atom. The van der Waals surface area contributed by atoms with Gasteiger partial charge in [0.05, 0.1) is 23.7 Å². The SMILES string of the molecule is N#Cc1cccc(Cn2ccc3ccc(C(F)(F)F)cc3c2=O)c1. The Balaban J connectivity index is 2.07. The standard InChI is InChI=1S/C18H11F3N2O/c19-18(20,21)15-5-4-14-6-7-23(17(24)16(14)9-15)11-13-3-1-2-12(8-13)10-22/h1-9H,11H2. The number of halogens is 3. The largest absolute Gasteiger partial charge is 0.416 e. The van der Waals surface area contributed by atoms with Crippen LogP contribution in [0, 0.1) is 11.3 Å². The average Bonchev–Trinajstić information content (AvgIpc) is 2.56. The molecule has 2 aromatic carbocycles. The van der Waals surface area contributed by atoms with Crippen molar-refractivity contribution in [3.63, 3.8) is 0 Å². The first-order valence-electron chi connectivity index (χ1n) is 7.08. The first-order chi connectivity index (χ1) is 11.4. The number of rotatable bonds is 2. The Kier molecular flexibility index (Phi) is 3.86. The van der Waals surface area contributed by atoms with Gasteiger partial charge in [-0.1, -0.05) is 18.2 Å². The third-order valence-corrected chi connectivity index (χ3v) is 3.71. The molecule has 0 amide bonds. The summed E-state index contributed by atoms with van der Waals surface area (Å²) in [4.78, 5) is 12.5. The van der Waals surface area contributed by atoms with Gasteiger partial charge in [0.1, 0.15) is 0 Å². The molecule has 0 radical (unpaired) electrons. The summed E-state index contributed by atoms with van der Waals surface area (Å²) in [6, 6.07) is 13.5.